The Hall–Kier alpha value is -0.660. The number of likely N-dealkylation sites (N-methyl/N-ethyl adjacent to an activating group) is 1. The molecule has 0 heterocycles. The van der Waals surface area contributed by atoms with Crippen LogP contribution in [0.2, 0.25) is 0 Å². The summed E-state index contributed by atoms with van der Waals surface area (Å²) in [6.07, 6.45) is 0. The van der Waals surface area contributed by atoms with Crippen LogP contribution in [0.25, 0.3) is 0 Å². The summed E-state index contributed by atoms with van der Waals surface area (Å²) in [5, 5.41) is 0. The Morgan fingerprint density at radius 1 is 1.43 bits per heavy atom. The fourth-order valence-electron chi connectivity index (χ4n) is 0.825. The lowest BCUT2D eigenvalue weighted by molar-refractivity contribution is -0.871. The van der Waals surface area contributed by atoms with Gasteiger partial charge in [0.1, 0.15) is 6.54 Å². The average Bonchev–Trinajstić information content (AvgIpc) is 1.78. The average molecular weight is 226 g/mol. The molecule has 0 aliphatic heterocycles. The van der Waals surface area contributed by atoms with Crippen molar-refractivity contribution in [2.24, 2.45) is 0 Å². The Morgan fingerprint density at radius 2 is 1.86 bits per heavy atom. The van der Waals surface area contributed by atoms with Gasteiger partial charge >= 0.3 is 16.1 Å². The summed E-state index contributed by atoms with van der Waals surface area (Å²) in [6.45, 7) is 1.09. The Labute approximate surface area is 83.8 Å². The number of hydrogen-bond acceptors (Lipinski definition) is 4. The van der Waals surface area contributed by atoms with E-state index >= 15 is 0 Å². The summed E-state index contributed by atoms with van der Waals surface area (Å²) < 4.78 is 35.2. The van der Waals surface area contributed by atoms with Crippen molar-refractivity contribution in [2.45, 2.75) is 12.4 Å². The van der Waals surface area contributed by atoms with Gasteiger partial charge in [-0.25, -0.2) is 0 Å². The molecule has 0 rings (SSSR count). The predicted octanol–water partition coefficient (Wildman–Crippen LogP) is -0.530. The SMILES string of the molecule is CC(=O)OC(C[N+](C)(C)C)S(=O)(=O)O. The molecule has 0 spiro atoms. The first-order valence-electron chi connectivity index (χ1n) is 3.96. The summed E-state index contributed by atoms with van der Waals surface area (Å²) in [6, 6.07) is 0. The van der Waals surface area contributed by atoms with Crippen molar-refractivity contribution in [1.82, 2.24) is 0 Å². The fourth-order valence-corrected chi connectivity index (χ4v) is 1.72. The highest BCUT2D eigenvalue weighted by atomic mass is 32.2. The van der Waals surface area contributed by atoms with Crippen LogP contribution in [0.3, 0.4) is 0 Å². The topological polar surface area (TPSA) is 80.7 Å². The van der Waals surface area contributed by atoms with Gasteiger partial charge in [-0.15, -0.1) is 0 Å². The molecule has 1 unspecified atom stereocenters. The number of hydrogen-bond donors (Lipinski definition) is 1. The monoisotopic (exact) mass is 226 g/mol. The number of esters is 1. The second-order valence-electron chi connectivity index (χ2n) is 4.03. The summed E-state index contributed by atoms with van der Waals surface area (Å²) in [7, 11) is 0.820. The molecule has 1 N–H and O–H groups in total. The van der Waals surface area contributed by atoms with Crippen LogP contribution in [0, 0.1) is 0 Å². The van der Waals surface area contributed by atoms with Gasteiger partial charge in [0, 0.05) is 6.92 Å². The number of quaternary nitrogens is 1. The Bertz CT molecular complexity index is 303. The number of rotatable bonds is 4. The van der Waals surface area contributed by atoms with Gasteiger partial charge in [0.2, 0.25) is 0 Å². The smallest absolute Gasteiger partial charge is 0.309 e. The molecule has 0 aromatic heterocycles. The lowest BCUT2D eigenvalue weighted by atomic mass is 10.5. The minimum absolute atomic E-state index is 0.00157. The van der Waals surface area contributed by atoms with E-state index in [1.54, 1.807) is 21.1 Å². The minimum atomic E-state index is -4.35. The largest absolute Gasteiger partial charge is 0.437 e. The number of nitrogens with zero attached hydrogens (tertiary/aromatic N) is 1. The highest BCUT2D eigenvalue weighted by Gasteiger charge is 2.31. The molecule has 1 atom stereocenters. The van der Waals surface area contributed by atoms with Gasteiger partial charge in [-0.2, -0.15) is 8.42 Å². The van der Waals surface area contributed by atoms with Gasteiger partial charge in [0.05, 0.1) is 21.1 Å². The van der Waals surface area contributed by atoms with Crippen LogP contribution in [0.5, 0.6) is 0 Å². The van der Waals surface area contributed by atoms with Crippen molar-refractivity contribution in [1.29, 1.82) is 0 Å². The van der Waals surface area contributed by atoms with Crippen molar-refractivity contribution in [3.05, 3.63) is 0 Å². The van der Waals surface area contributed by atoms with E-state index in [4.69, 9.17) is 4.55 Å². The van der Waals surface area contributed by atoms with Crippen LogP contribution in [0.4, 0.5) is 0 Å². The molecule has 7 heteroatoms. The molecule has 0 amide bonds. The van der Waals surface area contributed by atoms with Crippen molar-refractivity contribution in [2.75, 3.05) is 27.7 Å². The summed E-state index contributed by atoms with van der Waals surface area (Å²) in [5.74, 6) is -0.735. The zero-order valence-electron chi connectivity index (χ0n) is 8.72. The van der Waals surface area contributed by atoms with Crippen LogP contribution in [-0.2, 0) is 19.6 Å². The standard InChI is InChI=1S/C7H15NO5S/c1-6(9)13-7(14(10,11)12)5-8(2,3)4/h7H,5H2,1-4H3/p+1. The quantitative estimate of drug-likeness (QED) is 0.396. The molecule has 6 nitrogen and oxygen atoms in total. The van der Waals surface area contributed by atoms with E-state index in [1.807, 2.05) is 0 Å². The normalized spacial score (nSPS) is 14.9. The zero-order chi connectivity index (χ0) is 11.6. The minimum Gasteiger partial charge on any atom is -0.437 e. The Balaban J connectivity index is 4.68. The molecular weight excluding hydrogens is 210 g/mol. The van der Waals surface area contributed by atoms with Crippen LogP contribution >= 0.6 is 0 Å². The van der Waals surface area contributed by atoms with E-state index < -0.39 is 21.5 Å². The van der Waals surface area contributed by atoms with Crippen LogP contribution in [0.15, 0.2) is 0 Å². The van der Waals surface area contributed by atoms with Crippen LogP contribution < -0.4 is 0 Å². The van der Waals surface area contributed by atoms with Crippen molar-refractivity contribution in [3.63, 3.8) is 0 Å². The van der Waals surface area contributed by atoms with E-state index in [0.29, 0.717) is 0 Å². The Morgan fingerprint density at radius 3 is 2.07 bits per heavy atom. The third kappa shape index (κ3) is 5.90. The van der Waals surface area contributed by atoms with Crippen molar-refractivity contribution in [3.8, 4) is 0 Å². The molecule has 0 aromatic rings. The van der Waals surface area contributed by atoms with Gasteiger partial charge in [-0.1, -0.05) is 0 Å². The first-order valence-corrected chi connectivity index (χ1v) is 5.46. The van der Waals surface area contributed by atoms with E-state index in [-0.39, 0.29) is 11.0 Å². The van der Waals surface area contributed by atoms with Gasteiger partial charge in [-0.3, -0.25) is 9.35 Å². The lowest BCUT2D eigenvalue weighted by Gasteiger charge is -2.27. The predicted molar refractivity (Wildman–Crippen MR) is 50.0 cm³/mol. The molecule has 0 radical (unpaired) electrons. The molecule has 0 aliphatic carbocycles. The fraction of sp³-hybridized carbons (Fsp3) is 0.857. The lowest BCUT2D eigenvalue weighted by Crippen LogP contribution is -2.45. The maximum Gasteiger partial charge on any atom is 0.309 e. The summed E-state index contributed by atoms with van der Waals surface area (Å²) in [5.41, 5.74) is -1.50. The van der Waals surface area contributed by atoms with Crippen LogP contribution in [0.1, 0.15) is 6.92 Å². The second kappa shape index (κ2) is 4.24. The second-order valence-corrected chi connectivity index (χ2v) is 5.58. The highest BCUT2D eigenvalue weighted by Crippen LogP contribution is 2.06. The number of carbonyl (C=O) groups excluding carboxylic acids is 1. The van der Waals surface area contributed by atoms with Gasteiger partial charge in [0.15, 0.2) is 0 Å². The molecule has 0 saturated heterocycles. The van der Waals surface area contributed by atoms with E-state index in [9.17, 15) is 13.2 Å². The summed E-state index contributed by atoms with van der Waals surface area (Å²) >= 11 is 0. The third-order valence-corrected chi connectivity index (χ3v) is 2.24. The molecule has 0 aliphatic rings. The molecule has 0 fully saturated rings. The molecule has 0 saturated carbocycles. The van der Waals surface area contributed by atoms with Crippen molar-refractivity contribution < 1.29 is 27.0 Å². The molecule has 0 aromatic carbocycles. The number of carbonyl (C=O) groups is 1. The third-order valence-electron chi connectivity index (χ3n) is 1.33. The van der Waals surface area contributed by atoms with Crippen LogP contribution in [-0.4, -0.2) is 56.5 Å². The van der Waals surface area contributed by atoms with Gasteiger partial charge in [0.25, 0.3) is 5.44 Å². The Kier molecular flexibility index (Phi) is 4.04. The van der Waals surface area contributed by atoms with Gasteiger partial charge in [-0.05, 0) is 0 Å². The maximum atomic E-state index is 10.8. The number of ether oxygens (including phenoxy) is 1. The first-order chi connectivity index (χ1) is 6.02. The van der Waals surface area contributed by atoms with E-state index in [0.717, 1.165) is 6.92 Å². The zero-order valence-corrected chi connectivity index (χ0v) is 9.54. The molecule has 0 bridgehead atoms. The summed E-state index contributed by atoms with van der Waals surface area (Å²) in [4.78, 5) is 10.6. The van der Waals surface area contributed by atoms with E-state index in [1.165, 1.54) is 0 Å². The first kappa shape index (κ1) is 13.3. The van der Waals surface area contributed by atoms with Crippen molar-refractivity contribution >= 4 is 16.1 Å². The molecular formula is C7H16NO5S+. The van der Waals surface area contributed by atoms with E-state index in [2.05, 4.69) is 4.74 Å². The molecule has 84 valence electrons. The van der Waals surface area contributed by atoms with Gasteiger partial charge < -0.3 is 9.22 Å². The molecule has 14 heavy (non-hydrogen) atoms. The maximum absolute atomic E-state index is 10.8. The highest BCUT2D eigenvalue weighted by molar-refractivity contribution is 7.86.